The van der Waals surface area contributed by atoms with Crippen LogP contribution < -0.4 is 10.1 Å². The van der Waals surface area contributed by atoms with Crippen molar-refractivity contribution < 1.29 is 4.74 Å². The molecule has 1 fully saturated rings. The number of rotatable bonds is 3. The van der Waals surface area contributed by atoms with Gasteiger partial charge in [0.15, 0.2) is 0 Å². The van der Waals surface area contributed by atoms with Crippen LogP contribution in [0, 0.1) is 0 Å². The topological polar surface area (TPSA) is 24.5 Å². The molecule has 3 rings (SSSR count). The molecule has 3 heteroatoms. The first kappa shape index (κ1) is 11.1. The highest BCUT2D eigenvalue weighted by molar-refractivity contribution is 5.39. The maximum atomic E-state index is 5.73. The van der Waals surface area contributed by atoms with Crippen molar-refractivity contribution >= 4 is 0 Å². The Bertz CT molecular complexity index is 388. The first-order chi connectivity index (χ1) is 8.34. The Hall–Kier alpha value is -1.06. The second-order valence-corrected chi connectivity index (χ2v) is 5.13. The van der Waals surface area contributed by atoms with Gasteiger partial charge in [-0.2, -0.15) is 0 Å². The third kappa shape index (κ3) is 2.17. The first-order valence-corrected chi connectivity index (χ1v) is 6.47. The predicted octanol–water partition coefficient (Wildman–Crippen LogP) is 1.46. The summed E-state index contributed by atoms with van der Waals surface area (Å²) < 4.78 is 5.73. The van der Waals surface area contributed by atoms with Gasteiger partial charge in [-0.3, -0.25) is 0 Å². The highest BCUT2D eigenvalue weighted by atomic mass is 16.5. The second-order valence-electron chi connectivity index (χ2n) is 5.13. The third-order valence-corrected chi connectivity index (χ3v) is 3.96. The fourth-order valence-electron chi connectivity index (χ4n) is 2.89. The van der Waals surface area contributed by atoms with Crippen molar-refractivity contribution in [3.05, 3.63) is 29.8 Å². The molecule has 1 aromatic carbocycles. The van der Waals surface area contributed by atoms with Crippen LogP contribution in [0.1, 0.15) is 17.9 Å². The third-order valence-electron chi connectivity index (χ3n) is 3.96. The number of hydrogen-bond donors (Lipinski definition) is 1. The van der Waals surface area contributed by atoms with Gasteiger partial charge in [0.05, 0.1) is 6.61 Å². The molecule has 17 heavy (non-hydrogen) atoms. The van der Waals surface area contributed by atoms with Gasteiger partial charge >= 0.3 is 0 Å². The van der Waals surface area contributed by atoms with E-state index in [2.05, 4.69) is 35.5 Å². The number of fused-ring (bicyclic) bond motifs is 1. The zero-order chi connectivity index (χ0) is 11.7. The summed E-state index contributed by atoms with van der Waals surface area (Å²) in [5.74, 6) is 1.62. The van der Waals surface area contributed by atoms with Gasteiger partial charge in [0.25, 0.3) is 0 Å². The van der Waals surface area contributed by atoms with Crippen molar-refractivity contribution in [1.82, 2.24) is 10.2 Å². The van der Waals surface area contributed by atoms with Crippen molar-refractivity contribution in [2.45, 2.75) is 18.4 Å². The summed E-state index contributed by atoms with van der Waals surface area (Å²) in [5, 5.41) is 3.42. The van der Waals surface area contributed by atoms with E-state index in [4.69, 9.17) is 4.74 Å². The fourth-order valence-corrected chi connectivity index (χ4v) is 2.89. The number of nitrogens with one attached hydrogen (secondary N) is 1. The Labute approximate surface area is 103 Å². The largest absolute Gasteiger partial charge is 0.493 e. The van der Waals surface area contributed by atoms with Gasteiger partial charge in [-0.1, -0.05) is 18.2 Å². The number of hydrogen-bond acceptors (Lipinski definition) is 3. The van der Waals surface area contributed by atoms with Gasteiger partial charge in [-0.25, -0.2) is 0 Å². The van der Waals surface area contributed by atoms with E-state index in [1.54, 1.807) is 0 Å². The van der Waals surface area contributed by atoms with Gasteiger partial charge in [-0.05, 0) is 26.1 Å². The Morgan fingerprint density at radius 2 is 2.29 bits per heavy atom. The molecular weight excluding hydrogens is 212 g/mol. The SMILES string of the molecule is CN(CC1COc2ccccc21)C1CCNC1. The number of nitrogens with zero attached hydrogens (tertiary/aromatic N) is 1. The Kier molecular flexibility index (Phi) is 3.04. The molecule has 0 radical (unpaired) electrons. The summed E-state index contributed by atoms with van der Waals surface area (Å²) >= 11 is 0. The number of ether oxygens (including phenoxy) is 1. The molecule has 1 saturated heterocycles. The molecule has 2 atom stereocenters. The quantitative estimate of drug-likeness (QED) is 0.854. The monoisotopic (exact) mass is 232 g/mol. The van der Waals surface area contributed by atoms with E-state index in [0.29, 0.717) is 12.0 Å². The molecule has 2 aliphatic heterocycles. The Balaban J connectivity index is 1.66. The number of para-hydroxylation sites is 1. The smallest absolute Gasteiger partial charge is 0.122 e. The van der Waals surface area contributed by atoms with Crippen molar-refractivity contribution in [3.8, 4) is 5.75 Å². The van der Waals surface area contributed by atoms with Gasteiger partial charge in [0.2, 0.25) is 0 Å². The van der Waals surface area contributed by atoms with Crippen LogP contribution in [0.25, 0.3) is 0 Å². The lowest BCUT2D eigenvalue weighted by atomic mass is 10.0. The maximum Gasteiger partial charge on any atom is 0.122 e. The molecule has 1 N–H and O–H groups in total. The molecule has 0 amide bonds. The lowest BCUT2D eigenvalue weighted by Gasteiger charge is -2.26. The van der Waals surface area contributed by atoms with Gasteiger partial charge < -0.3 is 15.0 Å². The van der Waals surface area contributed by atoms with E-state index >= 15 is 0 Å². The fraction of sp³-hybridized carbons (Fsp3) is 0.571. The van der Waals surface area contributed by atoms with Crippen molar-refractivity contribution in [2.24, 2.45) is 0 Å². The summed E-state index contributed by atoms with van der Waals surface area (Å²) in [6.45, 7) is 4.23. The van der Waals surface area contributed by atoms with E-state index in [0.717, 1.165) is 32.0 Å². The van der Waals surface area contributed by atoms with Crippen LogP contribution in [-0.2, 0) is 0 Å². The molecule has 2 heterocycles. The normalized spacial score (nSPS) is 27.2. The minimum atomic E-state index is 0.539. The minimum absolute atomic E-state index is 0.539. The lowest BCUT2D eigenvalue weighted by molar-refractivity contribution is 0.221. The number of likely N-dealkylation sites (N-methyl/N-ethyl adjacent to an activating group) is 1. The van der Waals surface area contributed by atoms with Crippen molar-refractivity contribution in [1.29, 1.82) is 0 Å². The van der Waals surface area contributed by atoms with Crippen LogP contribution >= 0.6 is 0 Å². The molecule has 0 aliphatic carbocycles. The van der Waals surface area contributed by atoms with Crippen LogP contribution in [0.3, 0.4) is 0 Å². The van der Waals surface area contributed by atoms with E-state index in [9.17, 15) is 0 Å². The molecular formula is C14H20N2O. The molecule has 3 nitrogen and oxygen atoms in total. The van der Waals surface area contributed by atoms with Crippen LogP contribution in [0.4, 0.5) is 0 Å². The summed E-state index contributed by atoms with van der Waals surface area (Å²) in [5.41, 5.74) is 1.38. The van der Waals surface area contributed by atoms with E-state index in [1.165, 1.54) is 12.0 Å². The molecule has 0 spiro atoms. The van der Waals surface area contributed by atoms with Crippen LogP contribution in [0.2, 0.25) is 0 Å². The molecule has 0 bridgehead atoms. The second kappa shape index (κ2) is 4.67. The van der Waals surface area contributed by atoms with E-state index in [-0.39, 0.29) is 0 Å². The number of benzene rings is 1. The summed E-state index contributed by atoms with van der Waals surface area (Å²) in [6, 6.07) is 9.13. The van der Waals surface area contributed by atoms with E-state index < -0.39 is 0 Å². The average molecular weight is 232 g/mol. The molecule has 92 valence electrons. The van der Waals surface area contributed by atoms with Crippen molar-refractivity contribution in [2.75, 3.05) is 33.3 Å². The zero-order valence-electron chi connectivity index (χ0n) is 10.4. The molecule has 0 aromatic heterocycles. The molecule has 1 aromatic rings. The summed E-state index contributed by atoms with van der Waals surface area (Å²) in [4.78, 5) is 2.48. The standard InChI is InChI=1S/C14H20N2O/c1-16(12-6-7-15-8-12)9-11-10-17-14-5-3-2-4-13(11)14/h2-5,11-12,15H,6-10H2,1H3. The Morgan fingerprint density at radius 1 is 1.41 bits per heavy atom. The highest BCUT2D eigenvalue weighted by Gasteiger charge is 2.27. The van der Waals surface area contributed by atoms with Gasteiger partial charge in [0, 0.05) is 30.6 Å². The van der Waals surface area contributed by atoms with Crippen LogP contribution in [0.15, 0.2) is 24.3 Å². The average Bonchev–Trinajstić information content (AvgIpc) is 2.98. The van der Waals surface area contributed by atoms with Crippen molar-refractivity contribution in [3.63, 3.8) is 0 Å². The minimum Gasteiger partial charge on any atom is -0.493 e. The Morgan fingerprint density at radius 3 is 3.12 bits per heavy atom. The van der Waals surface area contributed by atoms with Gasteiger partial charge in [0.1, 0.15) is 5.75 Å². The lowest BCUT2D eigenvalue weighted by Crippen LogP contribution is -2.36. The highest BCUT2D eigenvalue weighted by Crippen LogP contribution is 2.34. The maximum absolute atomic E-state index is 5.73. The van der Waals surface area contributed by atoms with Crippen LogP contribution in [-0.4, -0.2) is 44.2 Å². The summed E-state index contributed by atoms with van der Waals surface area (Å²) in [7, 11) is 2.23. The zero-order valence-corrected chi connectivity index (χ0v) is 10.4. The van der Waals surface area contributed by atoms with Gasteiger partial charge in [-0.15, -0.1) is 0 Å². The first-order valence-electron chi connectivity index (χ1n) is 6.47. The molecule has 0 saturated carbocycles. The predicted molar refractivity (Wildman–Crippen MR) is 68.6 cm³/mol. The van der Waals surface area contributed by atoms with E-state index in [1.807, 2.05) is 6.07 Å². The molecule has 2 unspecified atom stereocenters. The van der Waals surface area contributed by atoms with Crippen LogP contribution in [0.5, 0.6) is 5.75 Å². The summed E-state index contributed by atoms with van der Waals surface area (Å²) in [6.07, 6.45) is 1.27. The molecule has 2 aliphatic rings.